The van der Waals surface area contributed by atoms with Gasteiger partial charge in [-0.15, -0.1) is 6.58 Å². The highest BCUT2D eigenvalue weighted by atomic mass is 14.4. The van der Waals surface area contributed by atoms with Crippen LogP contribution in [0, 0.1) is 0 Å². The molecule has 0 aliphatic heterocycles. The largest absolute Gasteiger partial charge is 0.102 e. The third kappa shape index (κ3) is 2.43. The van der Waals surface area contributed by atoms with Crippen LogP contribution in [0.3, 0.4) is 0 Å². The molecule has 0 bridgehead atoms. The maximum Gasteiger partial charge on any atom is 0.0130 e. The highest BCUT2D eigenvalue weighted by molar-refractivity contribution is 5.32. The van der Waals surface area contributed by atoms with Crippen LogP contribution in [0.25, 0.3) is 0 Å². The number of allylic oxidation sites excluding steroid dienone is 1. The molecule has 102 valence electrons. The first kappa shape index (κ1) is 13.2. The summed E-state index contributed by atoms with van der Waals surface area (Å²) in [6.45, 7) is 4.13. The second-order valence-corrected chi connectivity index (χ2v) is 5.91. The minimum absolute atomic E-state index is 0.187. The molecular formula is C20H22. The quantitative estimate of drug-likeness (QED) is 0.643. The molecule has 0 saturated heterocycles. The molecule has 2 aromatic carbocycles. The van der Waals surface area contributed by atoms with Gasteiger partial charge in [-0.25, -0.2) is 0 Å². The van der Waals surface area contributed by atoms with Gasteiger partial charge in [0.25, 0.3) is 0 Å². The van der Waals surface area contributed by atoms with Crippen LogP contribution in [0.5, 0.6) is 0 Å². The molecule has 2 aromatic rings. The summed E-state index contributed by atoms with van der Waals surface area (Å²) in [4.78, 5) is 0. The van der Waals surface area contributed by atoms with Crippen molar-refractivity contribution in [2.75, 3.05) is 0 Å². The normalized spacial score (nSPS) is 26.1. The van der Waals surface area contributed by atoms with Crippen LogP contribution in [0.15, 0.2) is 73.3 Å². The van der Waals surface area contributed by atoms with E-state index in [1.807, 2.05) is 0 Å². The Balaban J connectivity index is 1.78. The Morgan fingerprint density at radius 3 is 1.95 bits per heavy atom. The van der Waals surface area contributed by atoms with Gasteiger partial charge < -0.3 is 0 Å². The molecule has 20 heavy (non-hydrogen) atoms. The minimum Gasteiger partial charge on any atom is -0.102 e. The van der Waals surface area contributed by atoms with Crippen molar-refractivity contribution in [2.24, 2.45) is 0 Å². The average molecular weight is 262 g/mol. The maximum absolute atomic E-state index is 4.13. The summed E-state index contributed by atoms with van der Waals surface area (Å²) in [7, 11) is 0. The van der Waals surface area contributed by atoms with Gasteiger partial charge in [0.15, 0.2) is 0 Å². The fourth-order valence-electron chi connectivity index (χ4n) is 3.57. The second-order valence-electron chi connectivity index (χ2n) is 5.91. The summed E-state index contributed by atoms with van der Waals surface area (Å²) in [5.74, 6) is 0.716. The van der Waals surface area contributed by atoms with Crippen molar-refractivity contribution in [3.8, 4) is 0 Å². The Kier molecular flexibility index (Phi) is 3.73. The first-order chi connectivity index (χ1) is 9.84. The van der Waals surface area contributed by atoms with Gasteiger partial charge in [0.2, 0.25) is 0 Å². The molecule has 3 rings (SSSR count). The zero-order valence-corrected chi connectivity index (χ0v) is 12.0. The smallest absolute Gasteiger partial charge is 0.0130 e. The van der Waals surface area contributed by atoms with Crippen LogP contribution >= 0.6 is 0 Å². The van der Waals surface area contributed by atoms with Crippen molar-refractivity contribution >= 4 is 0 Å². The summed E-state index contributed by atoms with van der Waals surface area (Å²) in [5.41, 5.74) is 3.12. The van der Waals surface area contributed by atoms with Crippen LogP contribution in [0.4, 0.5) is 0 Å². The number of hydrogen-bond acceptors (Lipinski definition) is 0. The molecule has 0 heteroatoms. The van der Waals surface area contributed by atoms with E-state index in [1.54, 1.807) is 0 Å². The van der Waals surface area contributed by atoms with E-state index in [0.29, 0.717) is 5.92 Å². The fraction of sp³-hybridized carbons (Fsp3) is 0.300. The van der Waals surface area contributed by atoms with E-state index in [-0.39, 0.29) is 5.41 Å². The maximum atomic E-state index is 4.13. The van der Waals surface area contributed by atoms with E-state index in [9.17, 15) is 0 Å². The van der Waals surface area contributed by atoms with Gasteiger partial charge in [-0.2, -0.15) is 0 Å². The molecule has 0 atom stereocenters. The molecule has 0 radical (unpaired) electrons. The monoisotopic (exact) mass is 262 g/mol. The van der Waals surface area contributed by atoms with Gasteiger partial charge >= 0.3 is 0 Å². The minimum atomic E-state index is 0.187. The number of rotatable bonds is 3. The van der Waals surface area contributed by atoms with Gasteiger partial charge in [0, 0.05) is 5.41 Å². The van der Waals surface area contributed by atoms with Crippen molar-refractivity contribution < 1.29 is 0 Å². The Morgan fingerprint density at radius 1 is 0.850 bits per heavy atom. The summed E-state index contributed by atoms with van der Waals surface area (Å²) in [6, 6.07) is 21.8. The van der Waals surface area contributed by atoms with Crippen LogP contribution in [-0.2, 0) is 5.41 Å². The van der Waals surface area contributed by atoms with Gasteiger partial charge in [0.05, 0.1) is 0 Å². The zero-order valence-electron chi connectivity index (χ0n) is 12.0. The molecule has 0 N–H and O–H groups in total. The van der Waals surface area contributed by atoms with Crippen molar-refractivity contribution in [3.63, 3.8) is 0 Å². The predicted octanol–water partition coefficient (Wildman–Crippen LogP) is 5.47. The molecule has 0 unspecified atom stereocenters. The summed E-state index contributed by atoms with van der Waals surface area (Å²) < 4.78 is 0. The lowest BCUT2D eigenvalue weighted by Gasteiger charge is -2.38. The summed E-state index contributed by atoms with van der Waals surface area (Å²) in [5, 5.41) is 0. The molecular weight excluding hydrogens is 240 g/mol. The molecule has 0 spiro atoms. The van der Waals surface area contributed by atoms with Crippen LogP contribution in [0.2, 0.25) is 0 Å². The molecule has 0 aromatic heterocycles. The topological polar surface area (TPSA) is 0 Å². The second kappa shape index (κ2) is 5.66. The molecule has 1 aliphatic carbocycles. The predicted molar refractivity (Wildman–Crippen MR) is 86.0 cm³/mol. The zero-order chi connectivity index (χ0) is 13.8. The molecule has 1 saturated carbocycles. The molecule has 0 amide bonds. The lowest BCUT2D eigenvalue weighted by molar-refractivity contribution is 0.325. The molecule has 1 aliphatic rings. The van der Waals surface area contributed by atoms with E-state index in [2.05, 4.69) is 73.3 Å². The van der Waals surface area contributed by atoms with Gasteiger partial charge in [-0.3, -0.25) is 0 Å². The van der Waals surface area contributed by atoms with Crippen molar-refractivity contribution in [2.45, 2.75) is 37.0 Å². The van der Waals surface area contributed by atoms with Gasteiger partial charge in [0.1, 0.15) is 0 Å². The first-order valence-corrected chi connectivity index (χ1v) is 7.58. The highest BCUT2D eigenvalue weighted by Gasteiger charge is 2.34. The van der Waals surface area contributed by atoms with E-state index in [1.165, 1.54) is 36.8 Å². The summed E-state index contributed by atoms with van der Waals surface area (Å²) in [6.07, 6.45) is 7.11. The van der Waals surface area contributed by atoms with Crippen LogP contribution in [0.1, 0.15) is 42.7 Å². The van der Waals surface area contributed by atoms with Crippen LogP contribution in [-0.4, -0.2) is 0 Å². The lowest BCUT2D eigenvalue weighted by atomic mass is 9.65. The van der Waals surface area contributed by atoms with Crippen molar-refractivity contribution in [3.05, 3.63) is 84.4 Å². The average Bonchev–Trinajstić information content (AvgIpc) is 2.56. The van der Waals surface area contributed by atoms with E-state index in [4.69, 9.17) is 0 Å². The fourth-order valence-corrected chi connectivity index (χ4v) is 3.57. The van der Waals surface area contributed by atoms with Gasteiger partial charge in [-0.05, 0) is 42.7 Å². The number of benzene rings is 2. The molecule has 0 heterocycles. The lowest BCUT2D eigenvalue weighted by Crippen LogP contribution is -2.29. The Hall–Kier alpha value is -1.82. The Bertz CT molecular complexity index is 545. The summed E-state index contributed by atoms with van der Waals surface area (Å²) >= 11 is 0. The Labute approximate surface area is 122 Å². The van der Waals surface area contributed by atoms with Crippen molar-refractivity contribution in [1.29, 1.82) is 0 Å². The van der Waals surface area contributed by atoms with Crippen LogP contribution < -0.4 is 0 Å². The standard InChI is InChI=1S/C20H22/c1-2-20(19-11-7-4-8-12-19)15-13-18(14-16-20)17-9-5-3-6-10-17/h2-12,18H,1,13-16H2. The Morgan fingerprint density at radius 2 is 1.40 bits per heavy atom. The van der Waals surface area contributed by atoms with Gasteiger partial charge in [-0.1, -0.05) is 66.7 Å². The van der Waals surface area contributed by atoms with E-state index < -0.39 is 0 Å². The third-order valence-corrected chi connectivity index (χ3v) is 4.89. The van der Waals surface area contributed by atoms with E-state index in [0.717, 1.165) is 0 Å². The SMILES string of the molecule is C=CC1(c2ccccc2)CCC(c2ccccc2)CC1. The number of hydrogen-bond donors (Lipinski definition) is 0. The first-order valence-electron chi connectivity index (χ1n) is 7.58. The molecule has 1 fully saturated rings. The van der Waals surface area contributed by atoms with Crippen molar-refractivity contribution in [1.82, 2.24) is 0 Å². The molecule has 0 nitrogen and oxygen atoms in total. The van der Waals surface area contributed by atoms with E-state index >= 15 is 0 Å². The third-order valence-electron chi connectivity index (χ3n) is 4.89. The highest BCUT2D eigenvalue weighted by Crippen LogP contribution is 2.45.